The van der Waals surface area contributed by atoms with Crippen LogP contribution in [0.4, 0.5) is 5.95 Å². The number of piperazine rings is 1. The minimum absolute atomic E-state index is 0.857. The highest BCUT2D eigenvalue weighted by Gasteiger charge is 2.17. The Balaban J connectivity index is 1.65. The molecule has 0 aliphatic carbocycles. The third kappa shape index (κ3) is 8.53. The first-order chi connectivity index (χ1) is 13.0. The summed E-state index contributed by atoms with van der Waals surface area (Å²) in [6.45, 7) is 14.1. The zero-order valence-corrected chi connectivity index (χ0v) is 17.6. The van der Waals surface area contributed by atoms with E-state index < -0.39 is 0 Å². The van der Waals surface area contributed by atoms with Gasteiger partial charge in [-0.3, -0.25) is 4.90 Å². The van der Waals surface area contributed by atoms with Crippen LogP contribution in [-0.2, 0) is 0 Å². The van der Waals surface area contributed by atoms with Crippen molar-refractivity contribution in [2.24, 2.45) is 0 Å². The molecule has 27 heavy (non-hydrogen) atoms. The molecular formula is C23H36N4. The maximum atomic E-state index is 4.35. The number of rotatable bonds is 9. The Bertz CT molecular complexity index is 634. The van der Waals surface area contributed by atoms with Crippen LogP contribution in [0.3, 0.4) is 0 Å². The van der Waals surface area contributed by atoms with Gasteiger partial charge in [0.25, 0.3) is 0 Å². The third-order valence-corrected chi connectivity index (χ3v) is 5.03. The molecule has 0 atom stereocenters. The van der Waals surface area contributed by atoms with Crippen LogP contribution in [0.15, 0.2) is 53.4 Å². The van der Waals surface area contributed by atoms with Gasteiger partial charge in [0.1, 0.15) is 0 Å². The highest BCUT2D eigenvalue weighted by atomic mass is 15.3. The van der Waals surface area contributed by atoms with Crippen LogP contribution in [0.1, 0.15) is 53.4 Å². The van der Waals surface area contributed by atoms with Crippen molar-refractivity contribution in [2.45, 2.75) is 53.4 Å². The van der Waals surface area contributed by atoms with E-state index in [1.165, 1.54) is 29.6 Å². The van der Waals surface area contributed by atoms with Crippen molar-refractivity contribution in [1.29, 1.82) is 0 Å². The summed E-state index contributed by atoms with van der Waals surface area (Å²) in [6, 6.07) is 1.87. The van der Waals surface area contributed by atoms with Gasteiger partial charge in [-0.15, -0.1) is 0 Å². The molecule has 0 bridgehead atoms. The quantitative estimate of drug-likeness (QED) is 0.573. The van der Waals surface area contributed by atoms with E-state index in [2.05, 4.69) is 65.7 Å². The lowest BCUT2D eigenvalue weighted by molar-refractivity contribution is 0.282. The van der Waals surface area contributed by atoms with Gasteiger partial charge in [-0.05, 0) is 59.4 Å². The number of hydrogen-bond donors (Lipinski definition) is 0. The fraction of sp³-hybridized carbons (Fsp3) is 0.565. The Morgan fingerprint density at radius 2 is 1.44 bits per heavy atom. The Hall–Kier alpha value is -1.94. The lowest BCUT2D eigenvalue weighted by Gasteiger charge is -2.34. The molecule has 1 aromatic heterocycles. The summed E-state index contributed by atoms with van der Waals surface area (Å²) in [4.78, 5) is 13.5. The van der Waals surface area contributed by atoms with Crippen LogP contribution in [0.25, 0.3) is 0 Å². The van der Waals surface area contributed by atoms with Gasteiger partial charge in [-0.25, -0.2) is 9.97 Å². The van der Waals surface area contributed by atoms with Crippen molar-refractivity contribution in [1.82, 2.24) is 14.9 Å². The summed E-state index contributed by atoms with van der Waals surface area (Å²) in [5.74, 6) is 0.857. The third-order valence-electron chi connectivity index (χ3n) is 5.03. The molecule has 2 heterocycles. The van der Waals surface area contributed by atoms with Gasteiger partial charge in [0.15, 0.2) is 0 Å². The van der Waals surface area contributed by atoms with Gasteiger partial charge in [-0.1, -0.05) is 34.9 Å². The van der Waals surface area contributed by atoms with E-state index in [-0.39, 0.29) is 0 Å². The van der Waals surface area contributed by atoms with Gasteiger partial charge in [0, 0.05) is 45.1 Å². The van der Waals surface area contributed by atoms with Crippen LogP contribution in [0, 0.1) is 0 Å². The Morgan fingerprint density at radius 1 is 0.852 bits per heavy atom. The molecule has 4 nitrogen and oxygen atoms in total. The number of anilines is 1. The van der Waals surface area contributed by atoms with E-state index in [9.17, 15) is 0 Å². The maximum Gasteiger partial charge on any atom is 0.225 e. The fourth-order valence-electron chi connectivity index (χ4n) is 3.21. The fourth-order valence-corrected chi connectivity index (χ4v) is 3.21. The van der Waals surface area contributed by atoms with Gasteiger partial charge in [0.2, 0.25) is 5.95 Å². The Kier molecular flexibility index (Phi) is 9.26. The molecule has 0 amide bonds. The second-order valence-corrected chi connectivity index (χ2v) is 7.80. The van der Waals surface area contributed by atoms with Gasteiger partial charge < -0.3 is 4.90 Å². The van der Waals surface area contributed by atoms with E-state index in [0.29, 0.717) is 0 Å². The molecule has 0 aromatic carbocycles. The zero-order chi connectivity index (χ0) is 19.5. The molecule has 1 aliphatic heterocycles. The van der Waals surface area contributed by atoms with Crippen molar-refractivity contribution in [3.05, 3.63) is 53.4 Å². The second-order valence-electron chi connectivity index (χ2n) is 7.80. The average molecular weight is 369 g/mol. The molecule has 1 aliphatic rings. The van der Waals surface area contributed by atoms with Crippen molar-refractivity contribution < 1.29 is 0 Å². The zero-order valence-electron chi connectivity index (χ0n) is 17.6. The number of hydrogen-bond acceptors (Lipinski definition) is 4. The molecule has 1 aromatic rings. The minimum atomic E-state index is 0.857. The summed E-state index contributed by atoms with van der Waals surface area (Å²) < 4.78 is 0. The molecule has 0 radical (unpaired) electrons. The van der Waals surface area contributed by atoms with E-state index in [1.54, 1.807) is 0 Å². The van der Waals surface area contributed by atoms with Crippen molar-refractivity contribution in [3.63, 3.8) is 0 Å². The van der Waals surface area contributed by atoms with Crippen molar-refractivity contribution in [2.75, 3.05) is 37.6 Å². The predicted molar refractivity (Wildman–Crippen MR) is 116 cm³/mol. The number of nitrogens with zero attached hydrogens (tertiary/aromatic N) is 4. The molecule has 0 saturated carbocycles. The van der Waals surface area contributed by atoms with Gasteiger partial charge in [-0.2, -0.15) is 0 Å². The minimum Gasteiger partial charge on any atom is -0.338 e. The molecule has 2 rings (SSSR count). The lowest BCUT2D eigenvalue weighted by Crippen LogP contribution is -2.47. The van der Waals surface area contributed by atoms with Crippen LogP contribution in [0.5, 0.6) is 0 Å². The van der Waals surface area contributed by atoms with E-state index in [4.69, 9.17) is 0 Å². The summed E-state index contributed by atoms with van der Waals surface area (Å²) in [7, 11) is 0. The summed E-state index contributed by atoms with van der Waals surface area (Å²) in [5.41, 5.74) is 4.43. The molecule has 0 N–H and O–H groups in total. The topological polar surface area (TPSA) is 32.3 Å². The van der Waals surface area contributed by atoms with Gasteiger partial charge >= 0.3 is 0 Å². The lowest BCUT2D eigenvalue weighted by atomic mass is 10.1. The summed E-state index contributed by atoms with van der Waals surface area (Å²) in [6.07, 6.45) is 15.4. The molecule has 0 unspecified atom stereocenters. The maximum absolute atomic E-state index is 4.35. The first kappa shape index (κ1) is 21.4. The average Bonchev–Trinajstić information content (AvgIpc) is 2.67. The molecule has 1 fully saturated rings. The number of allylic oxidation sites excluding steroid dienone is 5. The molecule has 148 valence electrons. The highest BCUT2D eigenvalue weighted by molar-refractivity contribution is 5.29. The standard InChI is InChI=1S/C23H36N4/c1-20(2)8-5-9-21(3)10-6-11-22(4)12-15-26-16-18-27(19-17-26)23-24-13-7-14-25-23/h7-8,10,12-14H,5-6,9,11,15-19H2,1-4H3/b21-10+,22-12+. The monoisotopic (exact) mass is 368 g/mol. The Morgan fingerprint density at radius 3 is 2.07 bits per heavy atom. The van der Waals surface area contributed by atoms with Crippen molar-refractivity contribution in [3.8, 4) is 0 Å². The van der Waals surface area contributed by atoms with Crippen LogP contribution < -0.4 is 4.90 Å². The summed E-state index contributed by atoms with van der Waals surface area (Å²) >= 11 is 0. The van der Waals surface area contributed by atoms with Gasteiger partial charge in [0.05, 0.1) is 0 Å². The normalized spacial score (nSPS) is 16.5. The van der Waals surface area contributed by atoms with Crippen LogP contribution in [-0.4, -0.2) is 47.6 Å². The summed E-state index contributed by atoms with van der Waals surface area (Å²) in [5, 5.41) is 0. The van der Waals surface area contributed by atoms with Crippen LogP contribution in [0.2, 0.25) is 0 Å². The molecular weight excluding hydrogens is 332 g/mol. The Labute approximate surface area is 165 Å². The van der Waals surface area contributed by atoms with E-state index in [0.717, 1.165) is 51.5 Å². The van der Waals surface area contributed by atoms with Crippen LogP contribution >= 0.6 is 0 Å². The largest absolute Gasteiger partial charge is 0.338 e. The predicted octanol–water partition coefficient (Wildman–Crippen LogP) is 5.02. The second kappa shape index (κ2) is 11.7. The first-order valence-corrected chi connectivity index (χ1v) is 10.2. The number of aromatic nitrogens is 2. The highest BCUT2D eigenvalue weighted by Crippen LogP contribution is 2.13. The SMILES string of the molecule is CC(C)=CCC/C(C)=C/CC/C(C)=C/CN1CCN(c2ncccn2)CC1. The smallest absolute Gasteiger partial charge is 0.225 e. The molecule has 0 spiro atoms. The molecule has 4 heteroatoms. The molecule has 1 saturated heterocycles. The van der Waals surface area contributed by atoms with E-state index in [1.807, 2.05) is 18.5 Å². The van der Waals surface area contributed by atoms with Crippen molar-refractivity contribution >= 4 is 5.95 Å². The first-order valence-electron chi connectivity index (χ1n) is 10.2. The van der Waals surface area contributed by atoms with E-state index >= 15 is 0 Å².